The van der Waals surface area contributed by atoms with Crippen LogP contribution in [-0.4, -0.2) is 40.7 Å². The number of halogens is 1. The number of pyridine rings is 1. The summed E-state index contributed by atoms with van der Waals surface area (Å²) in [4.78, 5) is 26.8. The van der Waals surface area contributed by atoms with Crippen molar-refractivity contribution in [1.82, 2.24) is 15.0 Å². The van der Waals surface area contributed by atoms with Crippen molar-refractivity contribution in [2.75, 3.05) is 11.5 Å². The molecule has 0 saturated carbocycles. The van der Waals surface area contributed by atoms with Crippen molar-refractivity contribution >= 4 is 15.6 Å². The number of nitrogens with zero attached hydrogens (tertiary/aromatic N) is 4. The second-order valence-corrected chi connectivity index (χ2v) is 12.3. The molecule has 1 aromatic carbocycles. The largest absolute Gasteiger partial charge is 0.293 e. The van der Waals surface area contributed by atoms with Gasteiger partial charge in [-0.2, -0.15) is 5.26 Å². The van der Waals surface area contributed by atoms with Crippen LogP contribution in [0.1, 0.15) is 57.0 Å². The van der Waals surface area contributed by atoms with Crippen molar-refractivity contribution in [2.45, 2.75) is 52.9 Å². The predicted molar refractivity (Wildman–Crippen MR) is 152 cm³/mol. The fraction of sp³-hybridized carbons (Fsp3) is 0.387. The molecule has 9 heteroatoms. The van der Waals surface area contributed by atoms with Crippen LogP contribution in [0.3, 0.4) is 0 Å². The normalized spacial score (nSPS) is 19.9. The third-order valence-electron chi connectivity index (χ3n) is 7.64. The highest BCUT2D eigenvalue weighted by Gasteiger charge is 2.42. The summed E-state index contributed by atoms with van der Waals surface area (Å²) in [5.41, 5.74) is 3.72. The molecule has 2 aromatic heterocycles. The summed E-state index contributed by atoms with van der Waals surface area (Å²) in [7, 11) is -3.16. The summed E-state index contributed by atoms with van der Waals surface area (Å²) in [5, 5.41) is 9.60. The van der Waals surface area contributed by atoms with Gasteiger partial charge in [-0.15, -0.1) is 0 Å². The average Bonchev–Trinajstić information content (AvgIpc) is 2.98. The molecule has 0 aliphatic heterocycles. The first-order chi connectivity index (χ1) is 19.2. The number of carbonyl (C=O) groups excluding carboxylic acids is 1. The smallest absolute Gasteiger partial charge is 0.176 e. The Morgan fingerprint density at radius 1 is 1.15 bits per heavy atom. The molecule has 5 rings (SSSR count). The summed E-state index contributed by atoms with van der Waals surface area (Å²) in [6.45, 7) is 7.47. The first kappa shape index (κ1) is 29.2. The number of hydrogen-bond acceptors (Lipinski definition) is 7. The Hall–Kier alpha value is -3.77. The van der Waals surface area contributed by atoms with Crippen molar-refractivity contribution in [3.63, 3.8) is 0 Å². The zero-order valence-electron chi connectivity index (χ0n) is 23.2. The Balaban J connectivity index is 0.00000181. The Kier molecular flexibility index (Phi) is 8.89. The number of ketones is 1. The first-order valence-electron chi connectivity index (χ1n) is 13.7. The van der Waals surface area contributed by atoms with Gasteiger partial charge in [0.05, 0.1) is 22.7 Å². The molecule has 40 heavy (non-hydrogen) atoms. The van der Waals surface area contributed by atoms with E-state index in [1.54, 1.807) is 49.5 Å². The standard InChI is InChI=1S/C29H27FN4O3S.C2H6/c1-3-38(36,37)13-11-20-14-18(10-12-32-20)29-33-26(22-6-4-5-7-25(22)30)23-9-8-21-17(2)28(35)19(16-31)15-24(21)27(23)34-29;1-2/h4-7,10,12,14-15,17,21,24H,3,8-9,11,13H2,1-2H3;1-2H3. The maximum atomic E-state index is 15.0. The van der Waals surface area contributed by atoms with Gasteiger partial charge in [0, 0.05) is 52.6 Å². The zero-order valence-corrected chi connectivity index (χ0v) is 24.0. The van der Waals surface area contributed by atoms with E-state index in [4.69, 9.17) is 9.97 Å². The fourth-order valence-electron chi connectivity index (χ4n) is 5.44. The molecular formula is C31H33FN4O3S. The molecule has 0 spiro atoms. The predicted octanol–water partition coefficient (Wildman–Crippen LogP) is 5.66. The number of aromatic nitrogens is 3. The number of rotatable bonds is 6. The highest BCUT2D eigenvalue weighted by Crippen LogP contribution is 2.47. The Bertz CT molecular complexity index is 1610. The van der Waals surface area contributed by atoms with Crippen LogP contribution < -0.4 is 0 Å². The average molecular weight is 561 g/mol. The molecule has 0 amide bonds. The van der Waals surface area contributed by atoms with Crippen LogP contribution in [0.25, 0.3) is 22.6 Å². The van der Waals surface area contributed by atoms with Crippen molar-refractivity contribution in [1.29, 1.82) is 5.26 Å². The van der Waals surface area contributed by atoms with Gasteiger partial charge in [-0.25, -0.2) is 22.8 Å². The Morgan fingerprint density at radius 2 is 1.90 bits per heavy atom. The van der Waals surface area contributed by atoms with Crippen molar-refractivity contribution in [2.24, 2.45) is 11.8 Å². The molecule has 2 aliphatic carbocycles. The van der Waals surface area contributed by atoms with Crippen LogP contribution in [0.5, 0.6) is 0 Å². The lowest BCUT2D eigenvalue weighted by Gasteiger charge is -2.38. The van der Waals surface area contributed by atoms with E-state index >= 15 is 4.39 Å². The molecule has 3 atom stereocenters. The molecule has 0 radical (unpaired) electrons. The molecule has 7 nitrogen and oxygen atoms in total. The number of carbonyl (C=O) groups is 1. The summed E-state index contributed by atoms with van der Waals surface area (Å²) < 4.78 is 39.1. The van der Waals surface area contributed by atoms with E-state index in [2.05, 4.69) is 4.98 Å². The van der Waals surface area contributed by atoms with Crippen molar-refractivity contribution in [3.8, 4) is 28.7 Å². The number of Topliss-reactive ketones (excluding diaryl/α,β-unsaturated/α-hetero) is 1. The number of sulfone groups is 1. The van der Waals surface area contributed by atoms with E-state index in [0.29, 0.717) is 46.9 Å². The van der Waals surface area contributed by atoms with Gasteiger partial charge in [0.2, 0.25) is 0 Å². The molecule has 2 aliphatic rings. The minimum Gasteiger partial charge on any atom is -0.293 e. The lowest BCUT2D eigenvalue weighted by Crippen LogP contribution is -2.35. The number of hydrogen-bond donors (Lipinski definition) is 0. The second kappa shape index (κ2) is 12.2. The number of fused-ring (bicyclic) bond motifs is 3. The van der Waals surface area contributed by atoms with Crippen LogP contribution in [0, 0.1) is 29.0 Å². The molecule has 3 aromatic rings. The number of benzene rings is 1. The first-order valence-corrected chi connectivity index (χ1v) is 15.5. The van der Waals surface area contributed by atoms with Crippen molar-refractivity contribution in [3.05, 3.63) is 77.0 Å². The van der Waals surface area contributed by atoms with E-state index in [1.807, 2.05) is 26.8 Å². The summed E-state index contributed by atoms with van der Waals surface area (Å²) in [5.74, 6) is -0.752. The summed E-state index contributed by atoms with van der Waals surface area (Å²) in [6.07, 6.45) is 4.85. The SMILES string of the molecule is CC.CCS(=O)(=O)CCc1cc(-c2nc(-c3ccccc3F)c3c(n2)C2C=C(C#N)C(=O)C(C)C2CC3)ccn1. The third-order valence-corrected chi connectivity index (χ3v) is 9.35. The molecule has 0 saturated heterocycles. The Labute approximate surface area is 235 Å². The van der Waals surface area contributed by atoms with Gasteiger partial charge in [-0.1, -0.05) is 45.9 Å². The lowest BCUT2D eigenvalue weighted by molar-refractivity contribution is -0.120. The summed E-state index contributed by atoms with van der Waals surface area (Å²) >= 11 is 0. The summed E-state index contributed by atoms with van der Waals surface area (Å²) in [6, 6.07) is 12.0. The molecule has 0 fully saturated rings. The highest BCUT2D eigenvalue weighted by atomic mass is 32.2. The zero-order chi connectivity index (χ0) is 29.0. The molecule has 0 N–H and O–H groups in total. The second-order valence-electron chi connectivity index (χ2n) is 9.84. The topological polar surface area (TPSA) is 114 Å². The van der Waals surface area contributed by atoms with E-state index in [0.717, 1.165) is 5.56 Å². The third kappa shape index (κ3) is 5.73. The van der Waals surface area contributed by atoms with E-state index < -0.39 is 15.7 Å². The maximum absolute atomic E-state index is 15.0. The molecule has 0 bridgehead atoms. The molecular weight excluding hydrogens is 527 g/mol. The number of nitriles is 1. The van der Waals surface area contributed by atoms with Crippen LogP contribution in [0.2, 0.25) is 0 Å². The molecule has 208 valence electrons. The van der Waals surface area contributed by atoms with E-state index in [9.17, 15) is 18.5 Å². The van der Waals surface area contributed by atoms with Crippen molar-refractivity contribution < 1.29 is 17.6 Å². The monoisotopic (exact) mass is 560 g/mol. The van der Waals surface area contributed by atoms with Gasteiger partial charge in [-0.05, 0) is 43.0 Å². The quantitative estimate of drug-likeness (QED) is 0.382. The number of aryl methyl sites for hydroxylation is 1. The lowest BCUT2D eigenvalue weighted by atomic mass is 9.66. The fourth-order valence-corrected chi connectivity index (χ4v) is 6.25. The van der Waals surface area contributed by atoms with Gasteiger partial charge >= 0.3 is 0 Å². The minimum absolute atomic E-state index is 0.0110. The number of allylic oxidation sites excluding steroid dienone is 2. The van der Waals surface area contributed by atoms with Gasteiger partial charge in [0.1, 0.15) is 21.7 Å². The molecule has 2 heterocycles. The van der Waals surface area contributed by atoms with Crippen LogP contribution in [-0.2, 0) is 27.5 Å². The highest BCUT2D eigenvalue weighted by molar-refractivity contribution is 7.91. The Morgan fingerprint density at radius 3 is 2.60 bits per heavy atom. The van der Waals surface area contributed by atoms with E-state index in [1.165, 1.54) is 6.07 Å². The van der Waals surface area contributed by atoms with Crippen LogP contribution in [0.4, 0.5) is 4.39 Å². The van der Waals surface area contributed by atoms with Gasteiger partial charge in [0.15, 0.2) is 11.6 Å². The minimum atomic E-state index is -3.16. The van der Waals surface area contributed by atoms with E-state index in [-0.39, 0.29) is 47.0 Å². The van der Waals surface area contributed by atoms with Crippen LogP contribution >= 0.6 is 0 Å². The van der Waals surface area contributed by atoms with Gasteiger partial charge in [0.25, 0.3) is 0 Å². The van der Waals surface area contributed by atoms with Crippen LogP contribution in [0.15, 0.2) is 54.2 Å². The van der Waals surface area contributed by atoms with Gasteiger partial charge in [-0.3, -0.25) is 9.78 Å². The maximum Gasteiger partial charge on any atom is 0.176 e. The molecule has 3 unspecified atom stereocenters. The van der Waals surface area contributed by atoms with Gasteiger partial charge < -0.3 is 0 Å².